The van der Waals surface area contributed by atoms with Crippen molar-refractivity contribution < 1.29 is 4.39 Å². The van der Waals surface area contributed by atoms with Crippen LogP contribution in [0.4, 0.5) is 4.39 Å². The molecule has 3 aromatic rings. The summed E-state index contributed by atoms with van der Waals surface area (Å²) in [5, 5.41) is 18.6. The van der Waals surface area contributed by atoms with Crippen molar-refractivity contribution in [1.29, 1.82) is 10.5 Å². The van der Waals surface area contributed by atoms with E-state index in [0.717, 1.165) is 0 Å². The second-order valence-electron chi connectivity index (χ2n) is 4.87. The highest BCUT2D eigenvalue weighted by atomic mass is 35.5. The molecule has 0 saturated carbocycles. The number of benzene rings is 1. The summed E-state index contributed by atoms with van der Waals surface area (Å²) in [4.78, 5) is 8.22. The van der Waals surface area contributed by atoms with E-state index in [-0.39, 0.29) is 16.5 Å². The maximum Gasteiger partial charge on any atom is 0.147 e. The molecule has 24 heavy (non-hydrogen) atoms. The van der Waals surface area contributed by atoms with E-state index in [2.05, 4.69) is 16.0 Å². The highest BCUT2D eigenvalue weighted by molar-refractivity contribution is 6.30. The molecule has 0 radical (unpaired) electrons. The highest BCUT2D eigenvalue weighted by Crippen LogP contribution is 2.35. The molecule has 0 unspecified atom stereocenters. The van der Waals surface area contributed by atoms with E-state index in [1.807, 2.05) is 6.07 Å². The van der Waals surface area contributed by atoms with Gasteiger partial charge in [-0.1, -0.05) is 11.6 Å². The molecule has 0 atom stereocenters. The van der Waals surface area contributed by atoms with Crippen LogP contribution in [0.5, 0.6) is 0 Å². The number of pyridine rings is 2. The molecule has 0 amide bonds. The van der Waals surface area contributed by atoms with Gasteiger partial charge in [0.2, 0.25) is 0 Å². The Hall–Kier alpha value is -3.28. The molecule has 114 valence electrons. The predicted octanol–water partition coefficient (Wildman–Crippen LogP) is 4.35. The first-order valence-corrected chi connectivity index (χ1v) is 7.23. The summed E-state index contributed by atoms with van der Waals surface area (Å²) >= 11 is 6.06. The van der Waals surface area contributed by atoms with Crippen molar-refractivity contribution in [2.45, 2.75) is 0 Å². The van der Waals surface area contributed by atoms with Crippen LogP contribution in [0, 0.1) is 28.5 Å². The van der Waals surface area contributed by atoms with Gasteiger partial charge < -0.3 is 0 Å². The quantitative estimate of drug-likeness (QED) is 0.653. The zero-order valence-electron chi connectivity index (χ0n) is 12.2. The minimum absolute atomic E-state index is 0.0492. The molecule has 6 heteroatoms. The van der Waals surface area contributed by atoms with E-state index in [1.54, 1.807) is 30.5 Å². The Morgan fingerprint density at radius 2 is 1.67 bits per heavy atom. The van der Waals surface area contributed by atoms with Crippen LogP contribution in [0.2, 0.25) is 5.15 Å². The third-order valence-corrected chi connectivity index (χ3v) is 3.73. The standard InChI is InChI=1S/C18H8ClFN4/c19-18-12(8-21)7-16(15-5-6-23-10-13(15)9-22)17(24-18)11-1-3-14(20)4-2-11/h1-7,10H. The average molecular weight is 335 g/mol. The zero-order valence-corrected chi connectivity index (χ0v) is 12.9. The maximum atomic E-state index is 13.2. The molecule has 0 bridgehead atoms. The van der Waals surface area contributed by atoms with Crippen LogP contribution >= 0.6 is 11.6 Å². The lowest BCUT2D eigenvalue weighted by atomic mass is 9.96. The van der Waals surface area contributed by atoms with Gasteiger partial charge in [-0.15, -0.1) is 0 Å². The number of nitriles is 2. The van der Waals surface area contributed by atoms with Gasteiger partial charge in [-0.2, -0.15) is 10.5 Å². The van der Waals surface area contributed by atoms with Crippen LogP contribution in [-0.4, -0.2) is 9.97 Å². The molecular formula is C18H8ClFN4. The molecule has 2 heterocycles. The lowest BCUT2D eigenvalue weighted by Gasteiger charge is -2.12. The first-order valence-electron chi connectivity index (χ1n) is 6.85. The molecule has 0 fully saturated rings. The molecule has 4 nitrogen and oxygen atoms in total. The average Bonchev–Trinajstić information content (AvgIpc) is 2.62. The van der Waals surface area contributed by atoms with E-state index >= 15 is 0 Å². The second-order valence-corrected chi connectivity index (χ2v) is 5.23. The topological polar surface area (TPSA) is 73.4 Å². The van der Waals surface area contributed by atoms with Crippen LogP contribution in [-0.2, 0) is 0 Å². The van der Waals surface area contributed by atoms with Crippen molar-refractivity contribution >= 4 is 11.6 Å². The largest absolute Gasteiger partial charge is 0.263 e. The van der Waals surface area contributed by atoms with Gasteiger partial charge in [0.05, 0.1) is 16.8 Å². The van der Waals surface area contributed by atoms with Crippen molar-refractivity contribution in [1.82, 2.24) is 9.97 Å². The smallest absolute Gasteiger partial charge is 0.147 e. The van der Waals surface area contributed by atoms with Crippen LogP contribution in [0.3, 0.4) is 0 Å². The minimum Gasteiger partial charge on any atom is -0.263 e. The van der Waals surface area contributed by atoms with E-state index < -0.39 is 0 Å². The van der Waals surface area contributed by atoms with Crippen LogP contribution in [0.1, 0.15) is 11.1 Å². The molecule has 0 N–H and O–H groups in total. The highest BCUT2D eigenvalue weighted by Gasteiger charge is 2.16. The molecule has 2 aromatic heterocycles. The summed E-state index contributed by atoms with van der Waals surface area (Å²) in [5.41, 5.74) is 2.75. The van der Waals surface area contributed by atoms with Gasteiger partial charge in [0.1, 0.15) is 23.1 Å². The number of hydrogen-bond acceptors (Lipinski definition) is 4. The maximum absolute atomic E-state index is 13.2. The Labute approximate surface area is 142 Å². The number of halogens is 2. The van der Waals surface area contributed by atoms with Crippen molar-refractivity contribution in [3.05, 3.63) is 70.9 Å². The Balaban J connectivity index is 2.33. The molecule has 1 aromatic carbocycles. The SMILES string of the molecule is N#Cc1cnccc1-c1cc(C#N)c(Cl)nc1-c1ccc(F)cc1. The summed E-state index contributed by atoms with van der Waals surface area (Å²) in [7, 11) is 0. The number of hydrogen-bond donors (Lipinski definition) is 0. The summed E-state index contributed by atoms with van der Waals surface area (Å²) in [6.45, 7) is 0. The fourth-order valence-electron chi connectivity index (χ4n) is 2.32. The molecule has 3 rings (SSSR count). The van der Waals surface area contributed by atoms with Gasteiger partial charge in [-0.3, -0.25) is 4.98 Å². The summed E-state index contributed by atoms with van der Waals surface area (Å²) in [6.07, 6.45) is 2.98. The normalized spacial score (nSPS) is 10.0. The van der Waals surface area contributed by atoms with E-state index in [9.17, 15) is 14.9 Å². The summed E-state index contributed by atoms with van der Waals surface area (Å²) in [6, 6.07) is 13.0. The molecule has 0 aliphatic rings. The lowest BCUT2D eigenvalue weighted by molar-refractivity contribution is 0.628. The minimum atomic E-state index is -0.373. The zero-order chi connectivity index (χ0) is 17.1. The summed E-state index contributed by atoms with van der Waals surface area (Å²) < 4.78 is 13.2. The van der Waals surface area contributed by atoms with Crippen LogP contribution < -0.4 is 0 Å². The number of nitrogens with zero attached hydrogens (tertiary/aromatic N) is 4. The number of rotatable bonds is 2. The van der Waals surface area contributed by atoms with Crippen LogP contribution in [0.25, 0.3) is 22.4 Å². The molecule has 0 aliphatic heterocycles. The van der Waals surface area contributed by atoms with Crippen LogP contribution in [0.15, 0.2) is 48.8 Å². The van der Waals surface area contributed by atoms with Gasteiger partial charge in [0.15, 0.2) is 0 Å². The van der Waals surface area contributed by atoms with E-state index in [1.165, 1.54) is 18.3 Å². The molecule has 0 spiro atoms. The van der Waals surface area contributed by atoms with Gasteiger partial charge in [-0.25, -0.2) is 9.37 Å². The summed E-state index contributed by atoms with van der Waals surface area (Å²) in [5.74, 6) is -0.373. The second kappa shape index (κ2) is 6.45. The Bertz CT molecular complexity index is 1000. The van der Waals surface area contributed by atoms with Gasteiger partial charge in [0, 0.05) is 29.1 Å². The Morgan fingerprint density at radius 1 is 0.958 bits per heavy atom. The van der Waals surface area contributed by atoms with Crippen molar-refractivity contribution in [3.8, 4) is 34.5 Å². The molecule has 0 aliphatic carbocycles. The molecular weight excluding hydrogens is 327 g/mol. The van der Waals surface area contributed by atoms with Gasteiger partial charge in [0.25, 0.3) is 0 Å². The van der Waals surface area contributed by atoms with Gasteiger partial charge in [-0.05, 0) is 36.4 Å². The third kappa shape index (κ3) is 2.81. The van der Waals surface area contributed by atoms with Crippen molar-refractivity contribution in [2.24, 2.45) is 0 Å². The fraction of sp³-hybridized carbons (Fsp3) is 0. The molecule has 0 saturated heterocycles. The Kier molecular flexibility index (Phi) is 4.20. The van der Waals surface area contributed by atoms with E-state index in [4.69, 9.17) is 11.6 Å². The fourth-order valence-corrected chi connectivity index (χ4v) is 2.50. The Morgan fingerprint density at radius 3 is 2.33 bits per heavy atom. The lowest BCUT2D eigenvalue weighted by Crippen LogP contribution is -1.96. The van der Waals surface area contributed by atoms with Crippen molar-refractivity contribution in [3.63, 3.8) is 0 Å². The van der Waals surface area contributed by atoms with Gasteiger partial charge >= 0.3 is 0 Å². The monoisotopic (exact) mass is 334 g/mol. The third-order valence-electron chi connectivity index (χ3n) is 3.45. The van der Waals surface area contributed by atoms with E-state index in [0.29, 0.717) is 27.9 Å². The number of aromatic nitrogens is 2. The first-order chi connectivity index (χ1) is 11.6. The first kappa shape index (κ1) is 15.6. The van der Waals surface area contributed by atoms with Crippen molar-refractivity contribution in [2.75, 3.05) is 0 Å². The predicted molar refractivity (Wildman–Crippen MR) is 87.3 cm³/mol.